The first-order valence-electron chi connectivity index (χ1n) is 18.8. The molecule has 0 unspecified atom stereocenters. The molecule has 0 aliphatic rings. The van der Waals surface area contributed by atoms with E-state index in [0.717, 1.165) is 33.9 Å². The van der Waals surface area contributed by atoms with Crippen molar-refractivity contribution in [1.29, 1.82) is 0 Å². The molecule has 4 aromatic rings. The van der Waals surface area contributed by atoms with Crippen LogP contribution in [-0.4, -0.2) is 11.4 Å². The zero-order valence-electron chi connectivity index (χ0n) is 34.3. The van der Waals surface area contributed by atoms with Crippen molar-refractivity contribution in [3.8, 4) is 0 Å². The second kappa shape index (κ2) is 19.4. The van der Waals surface area contributed by atoms with Crippen LogP contribution in [0.15, 0.2) is 114 Å². The minimum atomic E-state index is -0.136. The van der Waals surface area contributed by atoms with Gasteiger partial charge >= 0.3 is 16.8 Å². The molecule has 0 aliphatic heterocycles. The Morgan fingerprint density at radius 1 is 0.538 bits per heavy atom. The zero-order chi connectivity index (χ0) is 38.1. The van der Waals surface area contributed by atoms with Crippen molar-refractivity contribution in [2.75, 3.05) is 0 Å². The van der Waals surface area contributed by atoms with Crippen LogP contribution < -0.4 is 0 Å². The summed E-state index contributed by atoms with van der Waals surface area (Å²) in [4.78, 5) is 5.46. The second-order valence-electron chi connectivity index (χ2n) is 16.9. The Bertz CT molecular complexity index is 1690. The van der Waals surface area contributed by atoms with E-state index in [9.17, 15) is 5.41 Å². The third kappa shape index (κ3) is 12.2. The number of aliphatic imine (C=N–C) groups is 1. The molecule has 0 fully saturated rings. The second-order valence-corrected chi connectivity index (χ2v) is 16.9. The Morgan fingerprint density at radius 3 is 1.23 bits per heavy atom. The number of nitrogens with zero attached hydrogens (tertiary/aromatic N) is 3. The molecule has 3 nitrogen and oxygen atoms in total. The molecule has 0 atom stereocenters. The van der Waals surface area contributed by atoms with Crippen LogP contribution in [0.4, 0.5) is 11.4 Å². The standard InChI is InChI=1S/C35H53N2.C13H10N.Co/c1-22(2)26-17-15-18-27(23(3)4)32(26)36-30(34(9,10)11)21-31(35(12,13)14)37-33-28(24(5)6)19-16-20-29(33)25(7)8;14-13(11-7-3-1-4-8-11)12-9-5-2-6-10-12;/h15-25H,1-14H3;1-10H;/q2*-1;+2/b30-21-,37-31?;;. The molecule has 4 heteroatoms. The monoisotopic (exact) mass is 740 g/mol. The van der Waals surface area contributed by atoms with Gasteiger partial charge in [-0.25, -0.2) is 0 Å². The number of hydrogen-bond acceptors (Lipinski definition) is 1. The van der Waals surface area contributed by atoms with Gasteiger partial charge in [-0.3, -0.25) is 4.99 Å². The first kappa shape index (κ1) is 44.4. The van der Waals surface area contributed by atoms with E-state index < -0.39 is 0 Å². The number of rotatable bonds is 10. The summed E-state index contributed by atoms with van der Waals surface area (Å²) < 4.78 is 0. The molecule has 1 radical (unpaired) electrons. The quantitative estimate of drug-likeness (QED) is 0.145. The predicted molar refractivity (Wildman–Crippen MR) is 226 cm³/mol. The van der Waals surface area contributed by atoms with Gasteiger partial charge in [0.25, 0.3) is 0 Å². The van der Waals surface area contributed by atoms with Crippen molar-refractivity contribution in [1.82, 2.24) is 0 Å². The van der Waals surface area contributed by atoms with Crippen LogP contribution in [0.3, 0.4) is 0 Å². The molecule has 0 aromatic heterocycles. The third-order valence-electron chi connectivity index (χ3n) is 9.05. The van der Waals surface area contributed by atoms with Crippen LogP contribution in [0.5, 0.6) is 0 Å². The minimum Gasteiger partial charge on any atom is -0.803 e. The van der Waals surface area contributed by atoms with Gasteiger partial charge in [0.05, 0.1) is 5.69 Å². The summed E-state index contributed by atoms with van der Waals surface area (Å²) in [6.07, 6.45) is 2.28. The summed E-state index contributed by atoms with van der Waals surface area (Å²) in [7, 11) is 0. The van der Waals surface area contributed by atoms with Crippen molar-refractivity contribution < 1.29 is 16.8 Å². The molecule has 0 amide bonds. The van der Waals surface area contributed by atoms with Gasteiger partial charge in [-0.15, -0.1) is 11.4 Å². The minimum absolute atomic E-state index is 0. The normalized spacial score (nSPS) is 12.5. The van der Waals surface area contributed by atoms with E-state index in [2.05, 4.69) is 139 Å². The Kier molecular flexibility index (Phi) is 16.6. The Hall–Kier alpha value is -3.73. The maximum atomic E-state index is 9.91. The molecular formula is C48H63CoN3. The fourth-order valence-corrected chi connectivity index (χ4v) is 5.84. The van der Waals surface area contributed by atoms with E-state index in [-0.39, 0.29) is 27.6 Å². The van der Waals surface area contributed by atoms with E-state index in [4.69, 9.17) is 10.3 Å². The summed E-state index contributed by atoms with van der Waals surface area (Å²) in [5.41, 5.74) is 11.4. The fraction of sp³-hybridized carbons (Fsp3) is 0.417. The Labute approximate surface area is 327 Å². The predicted octanol–water partition coefficient (Wildman–Crippen LogP) is 15.0. The molecule has 0 spiro atoms. The summed E-state index contributed by atoms with van der Waals surface area (Å²) in [6.45, 7) is 31.7. The first-order valence-corrected chi connectivity index (χ1v) is 18.8. The molecular weight excluding hydrogens is 677 g/mol. The Morgan fingerprint density at radius 2 is 0.904 bits per heavy atom. The molecule has 4 aromatic carbocycles. The maximum absolute atomic E-state index is 9.91. The summed E-state index contributed by atoms with van der Waals surface area (Å²) >= 11 is 0. The van der Waals surface area contributed by atoms with Gasteiger partial charge < -0.3 is 10.7 Å². The summed E-state index contributed by atoms with van der Waals surface area (Å²) in [6, 6.07) is 32.4. The van der Waals surface area contributed by atoms with E-state index in [1.165, 1.54) is 22.3 Å². The van der Waals surface area contributed by atoms with Crippen molar-refractivity contribution >= 4 is 22.8 Å². The average molecular weight is 741 g/mol. The summed E-state index contributed by atoms with van der Waals surface area (Å²) in [5, 5.41) is 15.4. The SMILES string of the molecule is CC(C)c1cccc(C(C)C)c1N=C(/C=C(\[N-]c1c(C(C)C)cccc1C(C)C)C(C)(C)C)C(C)(C)C.[Co+2].[N-]=C(c1ccccc1)c1ccccc1. The van der Waals surface area contributed by atoms with Crippen molar-refractivity contribution in [2.24, 2.45) is 15.8 Å². The van der Waals surface area contributed by atoms with Gasteiger partial charge in [0.1, 0.15) is 0 Å². The van der Waals surface area contributed by atoms with Crippen molar-refractivity contribution in [3.05, 3.63) is 153 Å². The van der Waals surface area contributed by atoms with Gasteiger partial charge in [0.2, 0.25) is 0 Å². The molecule has 0 bridgehead atoms. The number of benzene rings is 4. The van der Waals surface area contributed by atoms with Crippen LogP contribution in [0.25, 0.3) is 10.7 Å². The zero-order valence-corrected chi connectivity index (χ0v) is 35.3. The molecule has 52 heavy (non-hydrogen) atoms. The fourth-order valence-electron chi connectivity index (χ4n) is 5.84. The third-order valence-corrected chi connectivity index (χ3v) is 9.05. The van der Waals surface area contributed by atoms with Gasteiger partial charge in [-0.2, -0.15) is 5.70 Å². The van der Waals surface area contributed by atoms with Gasteiger partial charge in [-0.1, -0.05) is 211 Å². The molecule has 0 aliphatic carbocycles. The molecule has 0 saturated carbocycles. The number of allylic oxidation sites excluding steroid dienone is 2. The van der Waals surface area contributed by atoms with Crippen LogP contribution in [0, 0.1) is 10.8 Å². The van der Waals surface area contributed by atoms with Gasteiger partial charge in [0.15, 0.2) is 0 Å². The smallest absolute Gasteiger partial charge is 0.803 e. The van der Waals surface area contributed by atoms with Crippen LogP contribution in [0.2, 0.25) is 0 Å². The topological polar surface area (TPSA) is 48.8 Å². The Balaban J connectivity index is 0.000000517. The van der Waals surface area contributed by atoms with Crippen LogP contribution in [0.1, 0.15) is 154 Å². The molecule has 0 N–H and O–H groups in total. The van der Waals surface area contributed by atoms with Crippen LogP contribution in [-0.2, 0) is 16.8 Å². The van der Waals surface area contributed by atoms with E-state index in [0.29, 0.717) is 29.4 Å². The van der Waals surface area contributed by atoms with E-state index >= 15 is 0 Å². The maximum Gasteiger partial charge on any atom is 2.00 e. The van der Waals surface area contributed by atoms with Crippen molar-refractivity contribution in [2.45, 2.75) is 121 Å². The molecule has 0 saturated heterocycles. The average Bonchev–Trinajstić information content (AvgIpc) is 3.07. The number of hydrogen-bond donors (Lipinski definition) is 0. The van der Waals surface area contributed by atoms with E-state index in [1.807, 2.05) is 60.7 Å². The summed E-state index contributed by atoms with van der Waals surface area (Å²) in [5.74, 6) is 1.61. The number of para-hydroxylation sites is 2. The first-order chi connectivity index (χ1) is 23.8. The molecule has 0 heterocycles. The van der Waals surface area contributed by atoms with Gasteiger partial charge in [-0.05, 0) is 51.3 Å². The molecule has 279 valence electrons. The van der Waals surface area contributed by atoms with E-state index in [1.54, 1.807) is 0 Å². The van der Waals surface area contributed by atoms with Crippen LogP contribution >= 0.6 is 0 Å². The largest absolute Gasteiger partial charge is 2.00 e. The van der Waals surface area contributed by atoms with Crippen molar-refractivity contribution in [3.63, 3.8) is 0 Å². The molecule has 4 rings (SSSR count). The van der Waals surface area contributed by atoms with Gasteiger partial charge in [0, 0.05) is 11.1 Å².